The van der Waals surface area contributed by atoms with Crippen LogP contribution < -0.4 is 10.6 Å². The normalized spacial score (nSPS) is 14.0. The maximum absolute atomic E-state index is 11.8. The molecule has 4 rings (SSSR count). The van der Waals surface area contributed by atoms with Crippen molar-refractivity contribution in [2.24, 2.45) is 0 Å². The summed E-state index contributed by atoms with van der Waals surface area (Å²) in [6, 6.07) is 5.62. The first-order chi connectivity index (χ1) is 10.8. The van der Waals surface area contributed by atoms with Gasteiger partial charge in [0.25, 0.3) is 0 Å². The molecule has 7 nitrogen and oxygen atoms in total. The number of hydrogen-bond donors (Lipinski definition) is 3. The van der Waals surface area contributed by atoms with Crippen molar-refractivity contribution in [2.75, 3.05) is 5.32 Å². The molecule has 22 heavy (non-hydrogen) atoms. The summed E-state index contributed by atoms with van der Waals surface area (Å²) in [7, 11) is 0. The zero-order valence-corrected chi connectivity index (χ0v) is 11.7. The zero-order chi connectivity index (χ0) is 14.9. The quantitative estimate of drug-likeness (QED) is 0.690. The second-order valence-electron chi connectivity index (χ2n) is 5.32. The molecule has 0 bridgehead atoms. The van der Waals surface area contributed by atoms with E-state index in [0.29, 0.717) is 11.9 Å². The number of nitrogens with one attached hydrogen (secondary N) is 3. The predicted molar refractivity (Wildman–Crippen MR) is 82.3 cm³/mol. The van der Waals surface area contributed by atoms with Gasteiger partial charge in [-0.25, -0.2) is 9.78 Å². The van der Waals surface area contributed by atoms with Crippen LogP contribution in [-0.2, 0) is 0 Å². The Morgan fingerprint density at radius 3 is 2.86 bits per heavy atom. The van der Waals surface area contributed by atoms with Gasteiger partial charge in [-0.3, -0.25) is 15.4 Å². The number of aromatic amines is 1. The molecule has 0 aliphatic heterocycles. The smallest absolute Gasteiger partial charge is 0.320 e. The maximum atomic E-state index is 11.8. The summed E-state index contributed by atoms with van der Waals surface area (Å²) in [4.78, 5) is 20.6. The Morgan fingerprint density at radius 2 is 2.09 bits per heavy atom. The highest BCUT2D eigenvalue weighted by molar-refractivity contribution is 5.90. The molecule has 1 fully saturated rings. The fraction of sp³-hybridized carbons (Fsp3) is 0.200. The Balaban J connectivity index is 1.62. The third-order valence-electron chi connectivity index (χ3n) is 3.52. The van der Waals surface area contributed by atoms with Crippen LogP contribution in [-0.4, -0.2) is 32.2 Å². The summed E-state index contributed by atoms with van der Waals surface area (Å²) in [5.74, 6) is 0.511. The molecule has 110 valence electrons. The average Bonchev–Trinajstić information content (AvgIpc) is 3.16. The first kappa shape index (κ1) is 12.8. The Hall–Kier alpha value is -2.96. The van der Waals surface area contributed by atoms with E-state index in [9.17, 15) is 4.79 Å². The fourth-order valence-electron chi connectivity index (χ4n) is 2.21. The molecule has 3 N–H and O–H groups in total. The molecule has 3 aromatic rings. The number of fused-ring (bicyclic) bond motifs is 1. The molecule has 3 aromatic heterocycles. The van der Waals surface area contributed by atoms with E-state index >= 15 is 0 Å². The average molecular weight is 294 g/mol. The largest absolute Gasteiger partial charge is 0.335 e. The summed E-state index contributed by atoms with van der Waals surface area (Å²) in [5, 5.41) is 12.3. The Morgan fingerprint density at radius 1 is 1.18 bits per heavy atom. The topological polar surface area (TPSA) is 95.6 Å². The first-order valence-corrected chi connectivity index (χ1v) is 7.11. The van der Waals surface area contributed by atoms with Crippen LogP contribution in [0.2, 0.25) is 0 Å². The highest BCUT2D eigenvalue weighted by Gasteiger charge is 2.23. The van der Waals surface area contributed by atoms with E-state index in [1.54, 1.807) is 24.7 Å². The number of H-pyrrole nitrogens is 1. The van der Waals surface area contributed by atoms with Crippen molar-refractivity contribution in [1.29, 1.82) is 0 Å². The van der Waals surface area contributed by atoms with Crippen LogP contribution in [0.1, 0.15) is 12.8 Å². The van der Waals surface area contributed by atoms with Crippen LogP contribution in [0.5, 0.6) is 0 Å². The summed E-state index contributed by atoms with van der Waals surface area (Å²) in [6.45, 7) is 0. The first-order valence-electron chi connectivity index (χ1n) is 7.11. The number of rotatable bonds is 3. The SMILES string of the molecule is O=C(Nc1ccc2ncc(-c3cn[nH]c3)cc2n1)NC1CC1. The van der Waals surface area contributed by atoms with Gasteiger partial charge >= 0.3 is 6.03 Å². The molecule has 1 aliphatic carbocycles. The third kappa shape index (κ3) is 2.60. The number of pyridine rings is 2. The van der Waals surface area contributed by atoms with Crippen molar-refractivity contribution in [3.8, 4) is 11.1 Å². The number of urea groups is 1. The number of carbonyl (C=O) groups is 1. The number of carbonyl (C=O) groups excluding carboxylic acids is 1. The second-order valence-corrected chi connectivity index (χ2v) is 5.32. The van der Waals surface area contributed by atoms with Gasteiger partial charge in [0, 0.05) is 29.6 Å². The van der Waals surface area contributed by atoms with Gasteiger partial charge in [0.2, 0.25) is 0 Å². The van der Waals surface area contributed by atoms with Gasteiger partial charge in [-0.05, 0) is 31.0 Å². The van der Waals surface area contributed by atoms with Crippen molar-refractivity contribution < 1.29 is 4.79 Å². The molecule has 0 unspecified atom stereocenters. The standard InChI is InChI=1S/C15H14N6O/c22-15(19-11-1-2-11)21-14-4-3-12-13(20-14)5-9(6-16-12)10-7-17-18-8-10/h3-8,11H,1-2H2,(H,17,18)(H2,19,20,21,22). The minimum absolute atomic E-state index is 0.215. The Labute approximate surface area is 126 Å². The minimum atomic E-state index is -0.215. The lowest BCUT2D eigenvalue weighted by Gasteiger charge is -2.07. The van der Waals surface area contributed by atoms with Crippen LogP contribution in [0.15, 0.2) is 36.8 Å². The fourth-order valence-corrected chi connectivity index (χ4v) is 2.21. The van der Waals surface area contributed by atoms with E-state index < -0.39 is 0 Å². The zero-order valence-electron chi connectivity index (χ0n) is 11.7. The van der Waals surface area contributed by atoms with Gasteiger partial charge < -0.3 is 5.32 Å². The molecule has 3 heterocycles. The lowest BCUT2D eigenvalue weighted by molar-refractivity contribution is 0.251. The summed E-state index contributed by atoms with van der Waals surface area (Å²) in [6.07, 6.45) is 7.41. The van der Waals surface area contributed by atoms with E-state index in [1.807, 2.05) is 12.1 Å². The van der Waals surface area contributed by atoms with E-state index in [1.165, 1.54) is 0 Å². The molecule has 7 heteroatoms. The molecule has 0 radical (unpaired) electrons. The van der Waals surface area contributed by atoms with Crippen LogP contribution in [0.3, 0.4) is 0 Å². The lowest BCUT2D eigenvalue weighted by Crippen LogP contribution is -2.30. The van der Waals surface area contributed by atoms with Crippen LogP contribution in [0.4, 0.5) is 10.6 Å². The van der Waals surface area contributed by atoms with Crippen molar-refractivity contribution >= 4 is 22.9 Å². The number of amides is 2. The van der Waals surface area contributed by atoms with Gasteiger partial charge in [-0.15, -0.1) is 0 Å². The maximum Gasteiger partial charge on any atom is 0.320 e. The summed E-state index contributed by atoms with van der Waals surface area (Å²) >= 11 is 0. The molecule has 2 amide bonds. The van der Waals surface area contributed by atoms with E-state index in [2.05, 4.69) is 30.8 Å². The van der Waals surface area contributed by atoms with E-state index in [0.717, 1.165) is 35.0 Å². The highest BCUT2D eigenvalue weighted by atomic mass is 16.2. The molecular formula is C15H14N6O. The van der Waals surface area contributed by atoms with Crippen molar-refractivity contribution in [1.82, 2.24) is 25.5 Å². The van der Waals surface area contributed by atoms with E-state index in [-0.39, 0.29) is 6.03 Å². The van der Waals surface area contributed by atoms with Gasteiger partial charge in [0.1, 0.15) is 5.82 Å². The predicted octanol–water partition coefficient (Wildman–Crippen LogP) is 2.30. The summed E-state index contributed by atoms with van der Waals surface area (Å²) in [5.41, 5.74) is 3.37. The molecule has 1 aliphatic rings. The number of nitrogens with zero attached hydrogens (tertiary/aromatic N) is 3. The van der Waals surface area contributed by atoms with Gasteiger partial charge in [-0.1, -0.05) is 0 Å². The third-order valence-corrected chi connectivity index (χ3v) is 3.52. The van der Waals surface area contributed by atoms with Gasteiger partial charge in [-0.2, -0.15) is 5.10 Å². The van der Waals surface area contributed by atoms with E-state index in [4.69, 9.17) is 0 Å². The number of hydrogen-bond acceptors (Lipinski definition) is 4. The molecule has 0 saturated heterocycles. The van der Waals surface area contributed by atoms with Crippen LogP contribution in [0.25, 0.3) is 22.2 Å². The number of anilines is 1. The van der Waals surface area contributed by atoms with Gasteiger partial charge in [0.05, 0.1) is 17.2 Å². The Bertz CT molecular complexity index is 825. The molecule has 1 saturated carbocycles. The monoisotopic (exact) mass is 294 g/mol. The van der Waals surface area contributed by atoms with Crippen LogP contribution >= 0.6 is 0 Å². The van der Waals surface area contributed by atoms with Crippen LogP contribution in [0, 0.1) is 0 Å². The molecule has 0 aromatic carbocycles. The summed E-state index contributed by atoms with van der Waals surface area (Å²) < 4.78 is 0. The molecule has 0 spiro atoms. The molecular weight excluding hydrogens is 280 g/mol. The number of aromatic nitrogens is 4. The Kier molecular flexibility index (Phi) is 2.96. The highest BCUT2D eigenvalue weighted by Crippen LogP contribution is 2.22. The second kappa shape index (κ2) is 5.10. The molecule has 0 atom stereocenters. The van der Waals surface area contributed by atoms with Crippen molar-refractivity contribution in [3.05, 3.63) is 36.8 Å². The van der Waals surface area contributed by atoms with Gasteiger partial charge in [0.15, 0.2) is 0 Å². The van der Waals surface area contributed by atoms with Crippen molar-refractivity contribution in [3.63, 3.8) is 0 Å². The minimum Gasteiger partial charge on any atom is -0.335 e. The lowest BCUT2D eigenvalue weighted by atomic mass is 10.1. The van der Waals surface area contributed by atoms with Crippen molar-refractivity contribution in [2.45, 2.75) is 18.9 Å².